The zero-order chi connectivity index (χ0) is 39.8. The number of piperazine rings is 1. The average Bonchev–Trinajstić information content (AvgIpc) is 3.46. The van der Waals surface area contributed by atoms with Crippen LogP contribution >= 0.6 is 15.9 Å². The fraction of sp³-hybridized carbons (Fsp3) is 0.381. The van der Waals surface area contributed by atoms with Crippen molar-refractivity contribution in [1.29, 1.82) is 0 Å². The van der Waals surface area contributed by atoms with Gasteiger partial charge in [-0.2, -0.15) is 5.10 Å². The number of fused-ring (bicyclic) bond motifs is 1. The van der Waals surface area contributed by atoms with E-state index in [0.717, 1.165) is 74.9 Å². The van der Waals surface area contributed by atoms with Crippen molar-refractivity contribution < 1.29 is 23.9 Å². The molecular weight excluding hydrogens is 792 g/mol. The minimum atomic E-state index is -1.04. The van der Waals surface area contributed by atoms with Gasteiger partial charge >= 0.3 is 0 Å². The number of halogens is 1. The lowest BCUT2D eigenvalue weighted by Crippen LogP contribution is -2.54. The number of nitrogens with zero attached hydrogens (tertiary/aromatic N) is 6. The lowest BCUT2D eigenvalue weighted by atomic mass is 9.87. The first kappa shape index (κ1) is 38.6. The largest absolute Gasteiger partial charge is 0.457 e. The Hall–Kier alpha value is -5.22. The van der Waals surface area contributed by atoms with Gasteiger partial charge in [0, 0.05) is 71.9 Å². The Morgan fingerprint density at radius 1 is 0.842 bits per heavy atom. The Bertz CT molecular complexity index is 2260. The molecule has 57 heavy (non-hydrogen) atoms. The van der Waals surface area contributed by atoms with Crippen LogP contribution in [0.1, 0.15) is 62.6 Å². The Morgan fingerprint density at radius 2 is 1.51 bits per heavy atom. The summed E-state index contributed by atoms with van der Waals surface area (Å²) in [6.07, 6.45) is 2.82. The standard InChI is InChI=1S/C42H45BrN8O6/c1-47-24-29(20-30(25-47)45-33-21-44-48(2)42(56)38(33)43)28-10-6-26(7-11-28)22-49-16-18-50(19-17-49)23-27-8-12-31(13-9-27)57-35-5-3-4-32-37(35)41(55)51(40(32)54)34-14-15-36(52)46-39(34)53/h3-13,21,29-30,34,45H,14-20,22-25H2,1-2H3,(H,46,52,53)/t29-,30+,34?/m1/s1. The molecule has 1 aromatic heterocycles. The van der Waals surface area contributed by atoms with Crippen LogP contribution in [0.5, 0.6) is 11.5 Å². The summed E-state index contributed by atoms with van der Waals surface area (Å²) in [4.78, 5) is 71.3. The molecule has 296 valence electrons. The van der Waals surface area contributed by atoms with E-state index in [1.165, 1.54) is 15.8 Å². The predicted octanol–water partition coefficient (Wildman–Crippen LogP) is 3.95. The van der Waals surface area contributed by atoms with E-state index >= 15 is 0 Å². The summed E-state index contributed by atoms with van der Waals surface area (Å²) in [5, 5.41) is 9.95. The van der Waals surface area contributed by atoms with E-state index in [0.29, 0.717) is 16.1 Å². The number of imide groups is 2. The number of hydrogen-bond acceptors (Lipinski definition) is 11. The molecule has 5 heterocycles. The van der Waals surface area contributed by atoms with E-state index in [4.69, 9.17) is 4.74 Å². The first-order valence-corrected chi connectivity index (χ1v) is 20.1. The van der Waals surface area contributed by atoms with Gasteiger partial charge in [-0.1, -0.05) is 42.5 Å². The zero-order valence-electron chi connectivity index (χ0n) is 31.9. The van der Waals surface area contributed by atoms with Crippen molar-refractivity contribution in [1.82, 2.24) is 34.7 Å². The third kappa shape index (κ3) is 8.28. The molecule has 4 aliphatic rings. The number of carbonyl (C=O) groups is 4. The van der Waals surface area contributed by atoms with E-state index in [-0.39, 0.29) is 41.3 Å². The second-order valence-corrected chi connectivity index (χ2v) is 16.3. The van der Waals surface area contributed by atoms with Gasteiger partial charge in [0.2, 0.25) is 11.8 Å². The minimum Gasteiger partial charge on any atom is -0.457 e. The van der Waals surface area contributed by atoms with Crippen LogP contribution in [0.25, 0.3) is 0 Å². The molecule has 4 amide bonds. The number of ether oxygens (including phenoxy) is 1. The molecular formula is C42H45BrN8O6. The molecule has 0 radical (unpaired) electrons. The van der Waals surface area contributed by atoms with Crippen LogP contribution in [-0.4, -0.2) is 111 Å². The summed E-state index contributed by atoms with van der Waals surface area (Å²) in [6.45, 7) is 7.43. The van der Waals surface area contributed by atoms with E-state index < -0.39 is 29.7 Å². The third-order valence-corrected chi connectivity index (χ3v) is 12.1. The lowest BCUT2D eigenvalue weighted by molar-refractivity contribution is -0.136. The van der Waals surface area contributed by atoms with E-state index in [9.17, 15) is 24.0 Å². The molecule has 3 saturated heterocycles. The van der Waals surface area contributed by atoms with Gasteiger partial charge in [0.05, 0.1) is 23.0 Å². The van der Waals surface area contributed by atoms with E-state index in [1.54, 1.807) is 31.4 Å². The number of nitrogens with one attached hydrogen (secondary N) is 2. The van der Waals surface area contributed by atoms with Gasteiger partial charge in [-0.3, -0.25) is 44.0 Å². The summed E-state index contributed by atoms with van der Waals surface area (Å²) >= 11 is 3.44. The number of rotatable bonds is 10. The highest BCUT2D eigenvalue weighted by Crippen LogP contribution is 2.36. The molecule has 0 saturated carbocycles. The van der Waals surface area contributed by atoms with Gasteiger partial charge in [-0.05, 0) is 82.7 Å². The van der Waals surface area contributed by atoms with Crippen molar-refractivity contribution in [2.45, 2.75) is 50.4 Å². The highest BCUT2D eigenvalue weighted by molar-refractivity contribution is 9.10. The Kier molecular flexibility index (Phi) is 11.1. The van der Waals surface area contributed by atoms with Gasteiger partial charge in [0.15, 0.2) is 0 Å². The summed E-state index contributed by atoms with van der Waals surface area (Å²) in [5.41, 5.74) is 4.64. The van der Waals surface area contributed by atoms with Crippen LogP contribution in [-0.2, 0) is 29.7 Å². The van der Waals surface area contributed by atoms with Gasteiger partial charge in [0.25, 0.3) is 17.4 Å². The molecule has 15 heteroatoms. The molecule has 14 nitrogen and oxygen atoms in total. The molecule has 2 N–H and O–H groups in total. The second kappa shape index (κ2) is 16.3. The van der Waals surface area contributed by atoms with Gasteiger partial charge < -0.3 is 15.0 Å². The minimum absolute atomic E-state index is 0.0588. The molecule has 8 rings (SSSR count). The second-order valence-electron chi connectivity index (χ2n) is 15.5. The molecule has 0 spiro atoms. The number of likely N-dealkylation sites (N-methyl/N-ethyl adjacent to an activating group) is 1. The number of piperidine rings is 2. The van der Waals surface area contributed by atoms with Crippen molar-refractivity contribution in [2.24, 2.45) is 7.05 Å². The number of carbonyl (C=O) groups excluding carboxylic acids is 4. The van der Waals surface area contributed by atoms with Crippen molar-refractivity contribution in [2.75, 3.05) is 51.6 Å². The normalized spacial score (nSPS) is 22.1. The first-order valence-electron chi connectivity index (χ1n) is 19.3. The van der Waals surface area contributed by atoms with Crippen LogP contribution in [0.15, 0.2) is 82.2 Å². The number of likely N-dealkylation sites (tertiary alicyclic amines) is 1. The maximum atomic E-state index is 13.4. The Labute approximate surface area is 338 Å². The van der Waals surface area contributed by atoms with Crippen LogP contribution in [0, 0.1) is 0 Å². The number of benzene rings is 3. The SMILES string of the molecule is CN1C[C@@H](Nc2cnn(C)c(=O)c2Br)C[C@@H](c2ccc(CN3CCN(Cc4ccc(Oc5cccc6c5C(=O)N(C5CCC(=O)NC5=O)C6=O)cc4)CC3)cc2)C1. The van der Waals surface area contributed by atoms with Crippen molar-refractivity contribution in [3.8, 4) is 11.5 Å². The Morgan fingerprint density at radius 3 is 2.18 bits per heavy atom. The predicted molar refractivity (Wildman–Crippen MR) is 216 cm³/mol. The molecule has 0 aliphatic carbocycles. The summed E-state index contributed by atoms with van der Waals surface area (Å²) < 4.78 is 7.96. The number of aromatic nitrogens is 2. The molecule has 4 aliphatic heterocycles. The van der Waals surface area contributed by atoms with Crippen LogP contribution < -0.4 is 20.9 Å². The Balaban J connectivity index is 0.813. The molecule has 3 atom stereocenters. The van der Waals surface area contributed by atoms with Gasteiger partial charge in [-0.15, -0.1) is 0 Å². The highest BCUT2D eigenvalue weighted by Gasteiger charge is 2.46. The highest BCUT2D eigenvalue weighted by atomic mass is 79.9. The lowest BCUT2D eigenvalue weighted by Gasteiger charge is -2.37. The van der Waals surface area contributed by atoms with Crippen LogP contribution in [0.2, 0.25) is 0 Å². The average molecular weight is 838 g/mol. The zero-order valence-corrected chi connectivity index (χ0v) is 33.5. The fourth-order valence-electron chi connectivity index (χ4n) is 8.37. The molecule has 1 unspecified atom stereocenters. The smallest absolute Gasteiger partial charge is 0.282 e. The number of aryl methyl sites for hydroxylation is 1. The number of amides is 4. The van der Waals surface area contributed by atoms with Gasteiger partial charge in [0.1, 0.15) is 22.0 Å². The summed E-state index contributed by atoms with van der Waals surface area (Å²) in [5.74, 6) is -1.08. The monoisotopic (exact) mass is 836 g/mol. The molecule has 3 fully saturated rings. The maximum absolute atomic E-state index is 13.4. The third-order valence-electron chi connectivity index (χ3n) is 11.4. The van der Waals surface area contributed by atoms with Crippen molar-refractivity contribution in [3.05, 3.63) is 116 Å². The van der Waals surface area contributed by atoms with Crippen LogP contribution in [0.3, 0.4) is 0 Å². The molecule has 4 aromatic rings. The van der Waals surface area contributed by atoms with E-state index in [2.05, 4.69) is 77.7 Å². The van der Waals surface area contributed by atoms with Crippen molar-refractivity contribution in [3.63, 3.8) is 0 Å². The van der Waals surface area contributed by atoms with Crippen molar-refractivity contribution >= 4 is 45.2 Å². The first-order chi connectivity index (χ1) is 27.5. The van der Waals surface area contributed by atoms with E-state index in [1.807, 2.05) is 24.3 Å². The van der Waals surface area contributed by atoms with Gasteiger partial charge in [-0.25, -0.2) is 4.68 Å². The molecule has 0 bridgehead atoms. The fourth-order valence-corrected chi connectivity index (χ4v) is 8.85. The number of anilines is 1. The summed E-state index contributed by atoms with van der Waals surface area (Å²) in [7, 11) is 3.79. The molecule has 3 aromatic carbocycles. The quantitative estimate of drug-likeness (QED) is 0.224. The number of hydrogen-bond donors (Lipinski definition) is 2. The summed E-state index contributed by atoms with van der Waals surface area (Å²) in [6, 6.07) is 20.8. The topological polar surface area (TPSA) is 149 Å². The van der Waals surface area contributed by atoms with Crippen LogP contribution in [0.4, 0.5) is 5.69 Å². The maximum Gasteiger partial charge on any atom is 0.282 e.